The van der Waals surface area contributed by atoms with Crippen molar-refractivity contribution >= 4 is 17.3 Å². The summed E-state index contributed by atoms with van der Waals surface area (Å²) < 4.78 is 11.3. The molecule has 0 fully saturated rings. The van der Waals surface area contributed by atoms with E-state index in [-0.39, 0.29) is 11.1 Å². The lowest BCUT2D eigenvalue weighted by atomic mass is 9.82. The molecule has 0 unspecified atom stereocenters. The lowest BCUT2D eigenvalue weighted by Crippen LogP contribution is -2.14. The first-order valence-corrected chi connectivity index (χ1v) is 10.3. The normalized spacial score (nSPS) is 11.6. The maximum absolute atomic E-state index is 11.0. The average molecular weight is 444 g/mol. The zero-order valence-electron chi connectivity index (χ0n) is 19.2. The Kier molecular flexibility index (Phi) is 6.78. The second-order valence-corrected chi connectivity index (χ2v) is 8.43. The predicted molar refractivity (Wildman–Crippen MR) is 128 cm³/mol. The first kappa shape index (κ1) is 23.5. The number of nitrogens with zero attached hydrogens (tertiary/aromatic N) is 3. The molecule has 33 heavy (non-hydrogen) atoms. The Bertz CT molecular complexity index is 1250. The molecule has 1 heterocycles. The summed E-state index contributed by atoms with van der Waals surface area (Å²) in [5, 5.41) is 20.8. The summed E-state index contributed by atoms with van der Waals surface area (Å²) in [5.74, 6) is 1.15. The van der Waals surface area contributed by atoms with E-state index in [2.05, 4.69) is 31.8 Å². The number of allylic oxidation sites excluding steroid dienone is 1. The van der Waals surface area contributed by atoms with Gasteiger partial charge in [0.25, 0.3) is 5.69 Å². The molecule has 7 nitrogen and oxygen atoms in total. The van der Waals surface area contributed by atoms with E-state index in [0.29, 0.717) is 28.3 Å². The molecule has 0 bridgehead atoms. The van der Waals surface area contributed by atoms with Gasteiger partial charge in [-0.05, 0) is 59.0 Å². The molecule has 0 atom stereocenters. The van der Waals surface area contributed by atoms with Gasteiger partial charge in [-0.3, -0.25) is 10.1 Å². The molecular weight excluding hydrogens is 418 g/mol. The van der Waals surface area contributed by atoms with Gasteiger partial charge in [-0.15, -0.1) is 0 Å². The van der Waals surface area contributed by atoms with Crippen LogP contribution < -0.4 is 9.47 Å². The van der Waals surface area contributed by atoms with Gasteiger partial charge in [0.15, 0.2) is 0 Å². The smallest absolute Gasteiger partial charge is 0.269 e. The zero-order chi connectivity index (χ0) is 24.2. The number of nitro benzene ring substituents is 1. The Morgan fingerprint density at radius 2 is 1.82 bits per heavy atom. The van der Waals surface area contributed by atoms with Gasteiger partial charge in [-0.2, -0.15) is 5.26 Å². The zero-order valence-corrected chi connectivity index (χ0v) is 19.2. The van der Waals surface area contributed by atoms with Gasteiger partial charge < -0.3 is 9.47 Å². The molecule has 0 N–H and O–H groups in total. The quantitative estimate of drug-likeness (QED) is 0.199. The number of ether oxygens (including phenoxy) is 2. The van der Waals surface area contributed by atoms with Crippen molar-refractivity contribution in [2.45, 2.75) is 26.2 Å². The summed E-state index contributed by atoms with van der Waals surface area (Å²) in [7, 11) is 3.17. The van der Waals surface area contributed by atoms with E-state index >= 15 is 0 Å². The third kappa shape index (κ3) is 5.01. The van der Waals surface area contributed by atoms with Crippen molar-refractivity contribution in [2.75, 3.05) is 14.2 Å². The Morgan fingerprint density at radius 1 is 1.12 bits per heavy atom. The minimum absolute atomic E-state index is 0.0330. The number of rotatable bonds is 6. The molecule has 168 valence electrons. The van der Waals surface area contributed by atoms with Gasteiger partial charge in [0.1, 0.15) is 5.75 Å². The van der Waals surface area contributed by atoms with E-state index in [0.717, 1.165) is 16.7 Å². The van der Waals surface area contributed by atoms with Crippen molar-refractivity contribution < 1.29 is 14.4 Å². The van der Waals surface area contributed by atoms with Crippen LogP contribution in [0.1, 0.15) is 37.5 Å². The van der Waals surface area contributed by atoms with E-state index < -0.39 is 4.92 Å². The number of hydrogen-bond acceptors (Lipinski definition) is 6. The van der Waals surface area contributed by atoms with Crippen molar-refractivity contribution in [2.24, 2.45) is 0 Å². The molecule has 3 aromatic rings. The summed E-state index contributed by atoms with van der Waals surface area (Å²) in [5.41, 5.74) is 4.01. The first-order valence-electron chi connectivity index (χ1n) is 10.3. The van der Waals surface area contributed by atoms with Crippen LogP contribution >= 0.6 is 0 Å². The number of pyridine rings is 1. The second kappa shape index (κ2) is 9.53. The van der Waals surface area contributed by atoms with E-state index in [4.69, 9.17) is 9.47 Å². The molecule has 0 aliphatic rings. The van der Waals surface area contributed by atoms with Crippen molar-refractivity contribution in [3.8, 4) is 28.8 Å². The number of methoxy groups -OCH3 is 2. The molecule has 3 rings (SSSR count). The maximum atomic E-state index is 11.0. The number of hydrogen-bond donors (Lipinski definition) is 0. The molecule has 0 saturated heterocycles. The number of benzene rings is 2. The van der Waals surface area contributed by atoms with Gasteiger partial charge >= 0.3 is 0 Å². The van der Waals surface area contributed by atoms with Crippen LogP contribution in [-0.4, -0.2) is 24.1 Å². The van der Waals surface area contributed by atoms with Crippen LogP contribution in [0.4, 0.5) is 5.69 Å². The van der Waals surface area contributed by atoms with Crippen LogP contribution in [0, 0.1) is 21.4 Å². The Balaban J connectivity index is 2.26. The average Bonchev–Trinajstić information content (AvgIpc) is 2.81. The third-order valence-electron chi connectivity index (χ3n) is 5.21. The summed E-state index contributed by atoms with van der Waals surface area (Å²) in [6.07, 6.45) is 3.40. The van der Waals surface area contributed by atoms with E-state index in [1.807, 2.05) is 24.3 Å². The maximum Gasteiger partial charge on any atom is 0.269 e. The lowest BCUT2D eigenvalue weighted by molar-refractivity contribution is -0.384. The van der Waals surface area contributed by atoms with Gasteiger partial charge in [-0.1, -0.05) is 20.8 Å². The van der Waals surface area contributed by atoms with Crippen molar-refractivity contribution in [1.29, 1.82) is 5.26 Å². The van der Waals surface area contributed by atoms with E-state index in [9.17, 15) is 15.4 Å². The third-order valence-corrected chi connectivity index (χ3v) is 5.21. The van der Waals surface area contributed by atoms with Crippen LogP contribution in [0.25, 0.3) is 22.8 Å². The highest BCUT2D eigenvalue weighted by Gasteiger charge is 2.23. The van der Waals surface area contributed by atoms with Gasteiger partial charge in [0.05, 0.1) is 30.8 Å². The molecule has 0 radical (unpaired) electrons. The summed E-state index contributed by atoms with van der Waals surface area (Å²) in [4.78, 5) is 14.8. The Hall–Kier alpha value is -4.18. The Morgan fingerprint density at radius 3 is 2.36 bits per heavy atom. The minimum atomic E-state index is -0.469. The molecule has 0 aliphatic carbocycles. The van der Waals surface area contributed by atoms with Crippen LogP contribution in [-0.2, 0) is 5.41 Å². The van der Waals surface area contributed by atoms with Crippen LogP contribution in [0.2, 0.25) is 0 Å². The highest BCUT2D eigenvalue weighted by Crippen LogP contribution is 2.41. The monoisotopic (exact) mass is 443 g/mol. The SMILES string of the molecule is COc1ncccc1-c1cc(/C=C(\C#N)c2ccc([N+](=O)[O-])cc2)c(OC)c(C(C)(C)C)c1. The first-order chi connectivity index (χ1) is 15.7. The molecular formula is C26H25N3O4. The largest absolute Gasteiger partial charge is 0.496 e. The summed E-state index contributed by atoms with van der Waals surface area (Å²) in [6.45, 7) is 6.26. The Labute approximate surface area is 193 Å². The molecule has 7 heteroatoms. The number of nitriles is 1. The summed E-state index contributed by atoms with van der Waals surface area (Å²) in [6, 6.07) is 15.9. The van der Waals surface area contributed by atoms with Crippen LogP contribution in [0.15, 0.2) is 54.7 Å². The predicted octanol–water partition coefficient (Wildman–Crippen LogP) is 6.04. The standard InChI is InChI=1S/C26H25N3O4/c1-26(2,3)23-15-18(22-7-6-12-28-25(22)33-5)13-19(24(23)32-4)14-20(16-27)17-8-10-21(11-9-17)29(30)31/h6-15H,1-5H3/b20-14+. The molecule has 0 spiro atoms. The van der Waals surface area contributed by atoms with Gasteiger partial charge in [0.2, 0.25) is 5.88 Å². The molecule has 1 aromatic heterocycles. The van der Waals surface area contributed by atoms with E-state index in [1.54, 1.807) is 38.6 Å². The topological polar surface area (TPSA) is 98.3 Å². The molecule has 0 aliphatic heterocycles. The summed E-state index contributed by atoms with van der Waals surface area (Å²) >= 11 is 0. The minimum Gasteiger partial charge on any atom is -0.496 e. The fourth-order valence-electron chi connectivity index (χ4n) is 3.57. The molecule has 0 amide bonds. The number of non-ortho nitro benzene ring substituents is 1. The molecule has 0 saturated carbocycles. The fourth-order valence-corrected chi connectivity index (χ4v) is 3.57. The highest BCUT2D eigenvalue weighted by atomic mass is 16.6. The van der Waals surface area contributed by atoms with Crippen molar-refractivity contribution in [1.82, 2.24) is 4.98 Å². The van der Waals surface area contributed by atoms with Crippen LogP contribution in [0.5, 0.6) is 11.6 Å². The van der Waals surface area contributed by atoms with Gasteiger partial charge in [-0.25, -0.2) is 4.98 Å². The highest BCUT2D eigenvalue weighted by molar-refractivity contribution is 5.92. The van der Waals surface area contributed by atoms with Crippen molar-refractivity contribution in [3.05, 3.63) is 81.5 Å². The lowest BCUT2D eigenvalue weighted by Gasteiger charge is -2.25. The molecule has 2 aromatic carbocycles. The number of aromatic nitrogens is 1. The van der Waals surface area contributed by atoms with Crippen molar-refractivity contribution in [3.63, 3.8) is 0 Å². The van der Waals surface area contributed by atoms with Gasteiger partial charge in [0, 0.05) is 35.0 Å². The van der Waals surface area contributed by atoms with Crippen LogP contribution in [0.3, 0.4) is 0 Å². The van der Waals surface area contributed by atoms with E-state index in [1.165, 1.54) is 12.1 Å². The number of nitro groups is 1. The fraction of sp³-hybridized carbons (Fsp3) is 0.231. The second-order valence-electron chi connectivity index (χ2n) is 8.43.